The number of aryl methyl sites for hydroxylation is 1. The molecule has 3 rings (SSSR count). The molecule has 0 saturated carbocycles. The minimum Gasteiger partial charge on any atom is -0.316 e. The molecule has 2 aliphatic heterocycles. The van der Waals surface area contributed by atoms with Crippen LogP contribution in [-0.4, -0.2) is 43.8 Å². The molecule has 1 aromatic rings. The Labute approximate surface area is 135 Å². The zero-order chi connectivity index (χ0) is 16.8. The van der Waals surface area contributed by atoms with E-state index in [9.17, 15) is 18.5 Å². The summed E-state index contributed by atoms with van der Waals surface area (Å²) >= 11 is 0. The summed E-state index contributed by atoms with van der Waals surface area (Å²) in [4.78, 5) is 10.6. The molecule has 0 aromatic heterocycles. The number of sulfonamides is 1. The largest absolute Gasteiger partial charge is 0.316 e. The number of rotatable bonds is 3. The molecule has 1 N–H and O–H groups in total. The third-order valence-corrected chi connectivity index (χ3v) is 7.14. The second kappa shape index (κ2) is 5.54. The molecule has 8 heteroatoms. The summed E-state index contributed by atoms with van der Waals surface area (Å²) < 4.78 is 27.5. The van der Waals surface area contributed by atoms with Crippen LogP contribution < -0.4 is 5.32 Å². The summed E-state index contributed by atoms with van der Waals surface area (Å²) in [6.45, 7) is 6.13. The maximum Gasteiger partial charge on any atom is 0.271 e. The molecule has 2 heterocycles. The van der Waals surface area contributed by atoms with E-state index in [0.29, 0.717) is 24.2 Å². The fraction of sp³-hybridized carbons (Fsp3) is 0.600. The van der Waals surface area contributed by atoms with Crippen LogP contribution in [0, 0.1) is 29.4 Å². The number of nitrogens with zero attached hydrogens (tertiary/aromatic N) is 2. The highest BCUT2D eigenvalue weighted by molar-refractivity contribution is 7.89. The van der Waals surface area contributed by atoms with Gasteiger partial charge in [-0.1, -0.05) is 0 Å². The normalized spacial score (nSPS) is 25.3. The minimum absolute atomic E-state index is 0.0245. The van der Waals surface area contributed by atoms with Crippen LogP contribution in [0.4, 0.5) is 5.69 Å². The van der Waals surface area contributed by atoms with Gasteiger partial charge in [-0.2, -0.15) is 4.31 Å². The molecule has 1 atom stereocenters. The maximum atomic E-state index is 13.0. The first kappa shape index (κ1) is 16.4. The fourth-order valence-electron chi connectivity index (χ4n) is 3.56. The molecule has 1 unspecified atom stereocenters. The summed E-state index contributed by atoms with van der Waals surface area (Å²) in [6.07, 6.45) is 1.82. The van der Waals surface area contributed by atoms with Crippen molar-refractivity contribution < 1.29 is 13.3 Å². The Hall–Kier alpha value is -1.51. The zero-order valence-electron chi connectivity index (χ0n) is 13.3. The van der Waals surface area contributed by atoms with Crippen molar-refractivity contribution in [1.82, 2.24) is 9.62 Å². The first-order chi connectivity index (χ1) is 10.8. The molecule has 0 amide bonds. The number of nitrogens with one attached hydrogen (secondary N) is 1. The van der Waals surface area contributed by atoms with E-state index in [-0.39, 0.29) is 16.0 Å². The van der Waals surface area contributed by atoms with Crippen LogP contribution in [0.2, 0.25) is 0 Å². The van der Waals surface area contributed by atoms with Gasteiger partial charge in [0.2, 0.25) is 10.0 Å². The fourth-order valence-corrected chi connectivity index (χ4v) is 5.44. The number of hydrogen-bond acceptors (Lipinski definition) is 5. The summed E-state index contributed by atoms with van der Waals surface area (Å²) in [5, 5.41) is 14.4. The lowest BCUT2D eigenvalue weighted by Crippen LogP contribution is -2.33. The van der Waals surface area contributed by atoms with Gasteiger partial charge in [0, 0.05) is 31.8 Å². The first-order valence-corrected chi connectivity index (χ1v) is 9.16. The predicted octanol–water partition coefficient (Wildman–Crippen LogP) is 1.59. The van der Waals surface area contributed by atoms with Crippen molar-refractivity contribution in [3.05, 3.63) is 33.4 Å². The van der Waals surface area contributed by atoms with E-state index < -0.39 is 14.9 Å². The van der Waals surface area contributed by atoms with Gasteiger partial charge in [0.1, 0.15) is 0 Å². The molecule has 126 valence electrons. The Bertz CT molecular complexity index is 754. The lowest BCUT2D eigenvalue weighted by molar-refractivity contribution is -0.385. The highest BCUT2D eigenvalue weighted by atomic mass is 32.2. The molecule has 7 nitrogen and oxygen atoms in total. The van der Waals surface area contributed by atoms with E-state index in [0.717, 1.165) is 25.9 Å². The average Bonchev–Trinajstić information content (AvgIpc) is 3.12. The monoisotopic (exact) mass is 339 g/mol. The van der Waals surface area contributed by atoms with E-state index in [1.165, 1.54) is 16.4 Å². The Morgan fingerprint density at radius 2 is 2.04 bits per heavy atom. The van der Waals surface area contributed by atoms with Crippen LogP contribution in [0.3, 0.4) is 0 Å². The van der Waals surface area contributed by atoms with Gasteiger partial charge in [-0.3, -0.25) is 10.1 Å². The van der Waals surface area contributed by atoms with Gasteiger partial charge in [-0.15, -0.1) is 0 Å². The second-order valence-corrected chi connectivity index (χ2v) is 8.56. The van der Waals surface area contributed by atoms with Crippen molar-refractivity contribution in [3.8, 4) is 0 Å². The molecular formula is C15H21N3O4S. The summed E-state index contributed by atoms with van der Waals surface area (Å²) in [6, 6.07) is 2.61. The zero-order valence-corrected chi connectivity index (χ0v) is 14.1. The average molecular weight is 339 g/mol. The third kappa shape index (κ3) is 2.75. The first-order valence-electron chi connectivity index (χ1n) is 7.72. The topological polar surface area (TPSA) is 92.5 Å². The van der Waals surface area contributed by atoms with Crippen LogP contribution in [0.15, 0.2) is 17.0 Å². The van der Waals surface area contributed by atoms with Gasteiger partial charge in [0.25, 0.3) is 5.69 Å². The smallest absolute Gasteiger partial charge is 0.271 e. The van der Waals surface area contributed by atoms with E-state index in [4.69, 9.17) is 0 Å². The molecule has 1 spiro atoms. The lowest BCUT2D eigenvalue weighted by Gasteiger charge is -2.23. The van der Waals surface area contributed by atoms with Gasteiger partial charge < -0.3 is 5.32 Å². The van der Waals surface area contributed by atoms with E-state index in [1.54, 1.807) is 13.8 Å². The quantitative estimate of drug-likeness (QED) is 0.667. The van der Waals surface area contributed by atoms with Gasteiger partial charge in [-0.25, -0.2) is 8.42 Å². The molecule has 2 fully saturated rings. The maximum absolute atomic E-state index is 13.0. The highest BCUT2D eigenvalue weighted by Gasteiger charge is 2.45. The van der Waals surface area contributed by atoms with Gasteiger partial charge in [0.15, 0.2) is 0 Å². The van der Waals surface area contributed by atoms with Crippen LogP contribution in [-0.2, 0) is 10.0 Å². The van der Waals surface area contributed by atoms with Crippen LogP contribution >= 0.6 is 0 Å². The molecule has 0 radical (unpaired) electrons. The van der Waals surface area contributed by atoms with Crippen molar-refractivity contribution in [2.45, 2.75) is 31.6 Å². The number of nitro groups is 1. The van der Waals surface area contributed by atoms with Crippen molar-refractivity contribution in [1.29, 1.82) is 0 Å². The number of benzene rings is 1. The minimum atomic E-state index is -3.71. The van der Waals surface area contributed by atoms with Crippen molar-refractivity contribution in [3.63, 3.8) is 0 Å². The lowest BCUT2D eigenvalue weighted by atomic mass is 9.87. The molecule has 23 heavy (non-hydrogen) atoms. The molecule has 1 aromatic carbocycles. The SMILES string of the molecule is Cc1cc([N+](=O)[O-])cc(S(=O)(=O)N2CCC3(CCNC3)C2)c1C. The van der Waals surface area contributed by atoms with Crippen LogP contribution in [0.1, 0.15) is 24.0 Å². The summed E-state index contributed by atoms with van der Waals surface area (Å²) in [7, 11) is -3.71. The number of nitro benzene ring substituents is 1. The number of non-ortho nitro benzene ring substituents is 1. The van der Waals surface area contributed by atoms with Gasteiger partial charge in [0.05, 0.1) is 9.82 Å². The standard InChI is InChI=1S/C15H21N3O4S/c1-11-7-13(18(19)20)8-14(12(11)2)23(21,22)17-6-4-15(10-17)3-5-16-9-15/h7-8,16H,3-6,9-10H2,1-2H3. The second-order valence-electron chi connectivity index (χ2n) is 6.66. The van der Waals surface area contributed by atoms with E-state index in [1.807, 2.05) is 0 Å². The molecule has 2 aliphatic rings. The highest BCUT2D eigenvalue weighted by Crippen LogP contribution is 2.39. The van der Waals surface area contributed by atoms with Crippen molar-refractivity contribution in [2.24, 2.45) is 5.41 Å². The van der Waals surface area contributed by atoms with Crippen molar-refractivity contribution in [2.75, 3.05) is 26.2 Å². The Kier molecular flexibility index (Phi) is 3.94. The van der Waals surface area contributed by atoms with E-state index in [2.05, 4.69) is 5.32 Å². The Morgan fingerprint density at radius 3 is 2.65 bits per heavy atom. The molecular weight excluding hydrogens is 318 g/mol. The van der Waals surface area contributed by atoms with Crippen LogP contribution in [0.5, 0.6) is 0 Å². The molecule has 0 bridgehead atoms. The Morgan fingerprint density at radius 1 is 1.30 bits per heavy atom. The van der Waals surface area contributed by atoms with Crippen molar-refractivity contribution >= 4 is 15.7 Å². The molecule has 2 saturated heterocycles. The number of hydrogen-bond donors (Lipinski definition) is 1. The van der Waals surface area contributed by atoms with Crippen LogP contribution in [0.25, 0.3) is 0 Å². The summed E-state index contributed by atoms with van der Waals surface area (Å²) in [5.74, 6) is 0. The van der Waals surface area contributed by atoms with Gasteiger partial charge in [-0.05, 0) is 49.8 Å². The Balaban J connectivity index is 1.99. The third-order valence-electron chi connectivity index (χ3n) is 5.17. The summed E-state index contributed by atoms with van der Waals surface area (Å²) in [5.41, 5.74) is 1.05. The predicted molar refractivity (Wildman–Crippen MR) is 85.9 cm³/mol. The van der Waals surface area contributed by atoms with E-state index >= 15 is 0 Å². The molecule has 0 aliphatic carbocycles. The van der Waals surface area contributed by atoms with Gasteiger partial charge >= 0.3 is 0 Å².